The van der Waals surface area contributed by atoms with E-state index in [4.69, 9.17) is 11.6 Å². The number of hydrogen-bond acceptors (Lipinski definition) is 1. The summed E-state index contributed by atoms with van der Waals surface area (Å²) in [6.45, 7) is 0. The van der Waals surface area contributed by atoms with E-state index in [0.29, 0.717) is 5.02 Å². The van der Waals surface area contributed by atoms with Gasteiger partial charge in [-0.3, -0.25) is 0 Å². The molecule has 0 bridgehead atoms. The van der Waals surface area contributed by atoms with Crippen molar-refractivity contribution in [2.75, 3.05) is 5.32 Å². The van der Waals surface area contributed by atoms with E-state index in [0.717, 1.165) is 23.0 Å². The van der Waals surface area contributed by atoms with Crippen molar-refractivity contribution in [1.82, 2.24) is 0 Å². The third-order valence-electron chi connectivity index (χ3n) is 3.44. The van der Waals surface area contributed by atoms with Gasteiger partial charge in [0, 0.05) is 4.47 Å². The van der Waals surface area contributed by atoms with Gasteiger partial charge in [0.25, 0.3) is 0 Å². The first kappa shape index (κ1) is 12.9. The Labute approximate surface area is 124 Å². The average Bonchev–Trinajstić information content (AvgIpc) is 2.75. The Balaban J connectivity index is 1.86. The fourth-order valence-electron chi connectivity index (χ4n) is 2.53. The minimum atomic E-state index is -0.314. The number of nitrogens with one attached hydrogen (secondary N) is 1. The first-order valence-corrected chi connectivity index (χ1v) is 7.30. The van der Waals surface area contributed by atoms with Gasteiger partial charge in [0.1, 0.15) is 5.82 Å². The second kappa shape index (κ2) is 5.14. The van der Waals surface area contributed by atoms with Crippen LogP contribution in [0.15, 0.2) is 40.9 Å². The lowest BCUT2D eigenvalue weighted by atomic mass is 10.1. The summed E-state index contributed by atoms with van der Waals surface area (Å²) < 4.78 is 14.1. The second-order valence-electron chi connectivity index (χ2n) is 4.70. The third-order valence-corrected chi connectivity index (χ3v) is 4.25. The smallest absolute Gasteiger partial charge is 0.124 e. The Bertz CT molecular complexity index is 630. The van der Waals surface area contributed by atoms with Crippen LogP contribution in [0, 0.1) is 5.82 Å². The van der Waals surface area contributed by atoms with Crippen molar-refractivity contribution in [2.24, 2.45) is 0 Å². The van der Waals surface area contributed by atoms with Gasteiger partial charge in [0.2, 0.25) is 0 Å². The third kappa shape index (κ3) is 2.63. The molecule has 3 rings (SSSR count). The number of benzene rings is 2. The van der Waals surface area contributed by atoms with Gasteiger partial charge in [-0.25, -0.2) is 4.39 Å². The van der Waals surface area contributed by atoms with Crippen molar-refractivity contribution in [3.63, 3.8) is 0 Å². The van der Waals surface area contributed by atoms with Gasteiger partial charge in [0.05, 0.1) is 16.8 Å². The molecule has 0 aliphatic heterocycles. The summed E-state index contributed by atoms with van der Waals surface area (Å²) in [6.07, 6.45) is 2.07. The lowest BCUT2D eigenvalue weighted by Crippen LogP contribution is -2.07. The molecule has 0 spiro atoms. The van der Waals surface area contributed by atoms with E-state index in [2.05, 4.69) is 33.4 Å². The van der Waals surface area contributed by atoms with E-state index in [9.17, 15) is 4.39 Å². The molecule has 1 unspecified atom stereocenters. The molecule has 1 aliphatic rings. The van der Waals surface area contributed by atoms with E-state index in [1.54, 1.807) is 6.07 Å². The Morgan fingerprint density at radius 2 is 2.05 bits per heavy atom. The number of anilines is 1. The molecule has 0 heterocycles. The quantitative estimate of drug-likeness (QED) is 0.778. The van der Waals surface area contributed by atoms with Crippen LogP contribution in [0.3, 0.4) is 0 Å². The standard InChI is InChI=1S/C15H12BrClFN/c16-10-2-4-12-9(7-10)1-5-14(12)19-15-6-3-11(18)8-13(15)17/h2-4,6-8,14,19H,1,5H2. The van der Waals surface area contributed by atoms with E-state index in [1.807, 2.05) is 6.07 Å². The maximum atomic E-state index is 13.0. The molecule has 19 heavy (non-hydrogen) atoms. The first-order valence-electron chi connectivity index (χ1n) is 6.13. The number of aryl methyl sites for hydroxylation is 1. The van der Waals surface area contributed by atoms with Gasteiger partial charge in [-0.05, 0) is 54.3 Å². The normalized spacial score (nSPS) is 17.3. The number of hydrogen-bond donors (Lipinski definition) is 1. The van der Waals surface area contributed by atoms with Crippen molar-refractivity contribution < 1.29 is 4.39 Å². The van der Waals surface area contributed by atoms with Crippen LogP contribution in [0.1, 0.15) is 23.6 Å². The van der Waals surface area contributed by atoms with Crippen molar-refractivity contribution in [1.29, 1.82) is 0 Å². The molecule has 0 saturated heterocycles. The molecule has 0 fully saturated rings. The summed E-state index contributed by atoms with van der Waals surface area (Å²) in [7, 11) is 0. The molecular formula is C15H12BrClFN. The Kier molecular flexibility index (Phi) is 3.50. The van der Waals surface area contributed by atoms with Crippen LogP contribution in [0.2, 0.25) is 5.02 Å². The molecule has 4 heteroatoms. The first-order chi connectivity index (χ1) is 9.13. The predicted octanol–water partition coefficient (Wildman–Crippen LogP) is 5.34. The Hall–Kier alpha value is -1.06. The Morgan fingerprint density at radius 1 is 1.21 bits per heavy atom. The van der Waals surface area contributed by atoms with Crippen LogP contribution in [0.4, 0.5) is 10.1 Å². The van der Waals surface area contributed by atoms with Crippen LogP contribution in [0.5, 0.6) is 0 Å². The highest BCUT2D eigenvalue weighted by molar-refractivity contribution is 9.10. The van der Waals surface area contributed by atoms with Crippen LogP contribution >= 0.6 is 27.5 Å². The molecule has 1 atom stereocenters. The van der Waals surface area contributed by atoms with E-state index in [1.165, 1.54) is 23.3 Å². The maximum absolute atomic E-state index is 13.0. The average molecular weight is 341 g/mol. The highest BCUT2D eigenvalue weighted by atomic mass is 79.9. The summed E-state index contributed by atoms with van der Waals surface area (Å²) >= 11 is 9.54. The van der Waals surface area contributed by atoms with Gasteiger partial charge in [-0.2, -0.15) is 0 Å². The number of halogens is 3. The number of rotatable bonds is 2. The summed E-state index contributed by atoms with van der Waals surface area (Å²) in [6, 6.07) is 11.0. The van der Waals surface area contributed by atoms with E-state index >= 15 is 0 Å². The summed E-state index contributed by atoms with van der Waals surface area (Å²) in [5, 5.41) is 3.82. The molecule has 0 amide bonds. The monoisotopic (exact) mass is 339 g/mol. The zero-order valence-electron chi connectivity index (χ0n) is 10.1. The summed E-state index contributed by atoms with van der Waals surface area (Å²) in [4.78, 5) is 0. The molecule has 1 N–H and O–H groups in total. The van der Waals surface area contributed by atoms with Crippen LogP contribution in [-0.2, 0) is 6.42 Å². The SMILES string of the molecule is Fc1ccc(NC2CCc3cc(Br)ccc32)c(Cl)c1. The topological polar surface area (TPSA) is 12.0 Å². The minimum absolute atomic E-state index is 0.242. The molecular weight excluding hydrogens is 329 g/mol. The molecule has 0 aromatic heterocycles. The van der Waals surface area contributed by atoms with Gasteiger partial charge in [-0.15, -0.1) is 0 Å². The molecule has 0 radical (unpaired) electrons. The van der Waals surface area contributed by atoms with Gasteiger partial charge in [0.15, 0.2) is 0 Å². The molecule has 1 nitrogen and oxygen atoms in total. The van der Waals surface area contributed by atoms with Crippen LogP contribution < -0.4 is 5.32 Å². The zero-order valence-corrected chi connectivity index (χ0v) is 12.4. The molecule has 98 valence electrons. The molecule has 1 aliphatic carbocycles. The highest BCUT2D eigenvalue weighted by Gasteiger charge is 2.22. The fraction of sp³-hybridized carbons (Fsp3) is 0.200. The Morgan fingerprint density at radius 3 is 2.84 bits per heavy atom. The van der Waals surface area contributed by atoms with E-state index in [-0.39, 0.29) is 11.9 Å². The van der Waals surface area contributed by atoms with Crippen LogP contribution in [0.25, 0.3) is 0 Å². The maximum Gasteiger partial charge on any atom is 0.124 e. The lowest BCUT2D eigenvalue weighted by molar-refractivity contribution is 0.628. The van der Waals surface area contributed by atoms with Crippen molar-refractivity contribution in [3.05, 3.63) is 62.8 Å². The van der Waals surface area contributed by atoms with Crippen LogP contribution in [-0.4, -0.2) is 0 Å². The fourth-order valence-corrected chi connectivity index (χ4v) is 3.16. The van der Waals surface area contributed by atoms with Crippen molar-refractivity contribution in [2.45, 2.75) is 18.9 Å². The van der Waals surface area contributed by atoms with E-state index < -0.39 is 0 Å². The van der Waals surface area contributed by atoms with Gasteiger partial charge >= 0.3 is 0 Å². The zero-order chi connectivity index (χ0) is 13.4. The highest BCUT2D eigenvalue weighted by Crippen LogP contribution is 2.36. The summed E-state index contributed by atoms with van der Waals surface area (Å²) in [5.41, 5.74) is 3.43. The summed E-state index contributed by atoms with van der Waals surface area (Å²) in [5.74, 6) is -0.314. The molecule has 0 saturated carbocycles. The van der Waals surface area contributed by atoms with Crippen molar-refractivity contribution in [3.8, 4) is 0 Å². The largest absolute Gasteiger partial charge is 0.377 e. The lowest BCUT2D eigenvalue weighted by Gasteiger charge is -2.16. The van der Waals surface area contributed by atoms with Gasteiger partial charge < -0.3 is 5.32 Å². The molecule has 2 aromatic rings. The minimum Gasteiger partial charge on any atom is -0.377 e. The number of fused-ring (bicyclic) bond motifs is 1. The van der Waals surface area contributed by atoms with Gasteiger partial charge in [-0.1, -0.05) is 33.6 Å². The predicted molar refractivity (Wildman–Crippen MR) is 80.2 cm³/mol. The van der Waals surface area contributed by atoms with Crippen molar-refractivity contribution >= 4 is 33.2 Å². The molecule has 2 aromatic carbocycles. The second-order valence-corrected chi connectivity index (χ2v) is 6.03.